The Morgan fingerprint density at radius 3 is 0.780 bits per heavy atom. The number of para-hydroxylation sites is 2. The molecule has 0 saturated heterocycles. The third-order valence-electron chi connectivity index (χ3n) is 22.2. The first-order valence-corrected chi connectivity index (χ1v) is 39.9. The molecule has 556 valence electrons. The summed E-state index contributed by atoms with van der Waals surface area (Å²) in [6, 6.07) is 159. The van der Waals surface area contributed by atoms with Crippen LogP contribution in [0, 0.1) is 0 Å². The van der Waals surface area contributed by atoms with Crippen LogP contribution in [0.25, 0.3) is 156 Å². The van der Waals surface area contributed by atoms with Crippen molar-refractivity contribution in [3.63, 3.8) is 0 Å². The normalized spacial score (nSPS) is 11.2. The van der Waals surface area contributed by atoms with Gasteiger partial charge in [-0.05, 0) is 193 Å². The van der Waals surface area contributed by atoms with Gasteiger partial charge < -0.3 is 9.80 Å². The first kappa shape index (κ1) is 71.2. The van der Waals surface area contributed by atoms with Crippen LogP contribution in [0.15, 0.2) is 461 Å². The molecule has 21 aromatic rings. The van der Waals surface area contributed by atoms with E-state index in [-0.39, 0.29) is 0 Å². The van der Waals surface area contributed by atoms with Gasteiger partial charge in [0.25, 0.3) is 0 Å². The van der Waals surface area contributed by atoms with Gasteiger partial charge in [0, 0.05) is 85.3 Å². The van der Waals surface area contributed by atoms with Gasteiger partial charge in [-0.25, -0.2) is 19.9 Å². The SMILES string of the molecule is c1ccc(-c2ccc(N(c3ccc(-c4ccccc4)cc3)c3ccc(-c4ccc(-c5ccc6c(c5)c5ccccc5n6-c5ncccn5)cc4)cc3)cc2)cc1.c1ccc(-c2ccc(N(c3ccc(-c4ccccc4)cc3)c3ccc(-c4ccc5c(c4)c4ccccc4n5-c4cc(-c5ccccc5)nc(-c5ccccc5)n4)cc3)cc2)cc1. The Morgan fingerprint density at radius 2 is 0.432 bits per heavy atom. The van der Waals surface area contributed by atoms with Crippen LogP contribution in [0.4, 0.5) is 34.1 Å². The lowest BCUT2D eigenvalue weighted by atomic mass is 9.98. The summed E-state index contributed by atoms with van der Waals surface area (Å²) in [7, 11) is 0. The van der Waals surface area contributed by atoms with Gasteiger partial charge >= 0.3 is 0 Å². The van der Waals surface area contributed by atoms with Crippen molar-refractivity contribution in [3.8, 4) is 112 Å². The van der Waals surface area contributed by atoms with Crippen molar-refractivity contribution in [1.82, 2.24) is 29.1 Å². The monoisotopic (exact) mass is 1510 g/mol. The zero-order chi connectivity index (χ0) is 78.5. The van der Waals surface area contributed by atoms with E-state index in [4.69, 9.17) is 9.97 Å². The van der Waals surface area contributed by atoms with Gasteiger partial charge in [-0.1, -0.05) is 328 Å². The van der Waals surface area contributed by atoms with Gasteiger partial charge in [0.1, 0.15) is 5.82 Å². The minimum Gasteiger partial charge on any atom is -0.311 e. The van der Waals surface area contributed by atoms with Gasteiger partial charge in [0.2, 0.25) is 5.95 Å². The Balaban J connectivity index is 0.000000152. The van der Waals surface area contributed by atoms with E-state index in [1.54, 1.807) is 12.4 Å². The van der Waals surface area contributed by atoms with E-state index < -0.39 is 0 Å². The molecule has 8 nitrogen and oxygen atoms in total. The van der Waals surface area contributed by atoms with E-state index in [2.05, 4.69) is 447 Å². The molecule has 0 radical (unpaired) electrons. The predicted octanol–water partition coefficient (Wildman–Crippen LogP) is 29.1. The summed E-state index contributed by atoms with van der Waals surface area (Å²) in [5, 5.41) is 4.70. The number of aromatic nitrogens is 6. The molecule has 4 heterocycles. The highest BCUT2D eigenvalue weighted by molar-refractivity contribution is 6.12. The van der Waals surface area contributed by atoms with Crippen LogP contribution < -0.4 is 9.80 Å². The van der Waals surface area contributed by atoms with Crippen LogP contribution in [0.5, 0.6) is 0 Å². The van der Waals surface area contributed by atoms with Crippen LogP contribution in [-0.2, 0) is 0 Å². The first-order valence-electron chi connectivity index (χ1n) is 39.9. The smallest absolute Gasteiger partial charge is 0.234 e. The molecule has 0 aliphatic heterocycles. The molecule has 0 aliphatic rings. The Labute approximate surface area is 685 Å². The second-order valence-electron chi connectivity index (χ2n) is 29.4. The van der Waals surface area contributed by atoms with Gasteiger partial charge in [0.05, 0.1) is 27.8 Å². The number of rotatable bonds is 17. The molecular formula is C110H76N8. The molecule has 0 fully saturated rings. The lowest BCUT2D eigenvalue weighted by Crippen LogP contribution is -2.09. The van der Waals surface area contributed by atoms with Crippen LogP contribution in [0.1, 0.15) is 0 Å². The zero-order valence-corrected chi connectivity index (χ0v) is 64.5. The van der Waals surface area contributed by atoms with Crippen LogP contribution >= 0.6 is 0 Å². The van der Waals surface area contributed by atoms with Crippen LogP contribution in [0.3, 0.4) is 0 Å². The van der Waals surface area contributed by atoms with E-state index in [9.17, 15) is 0 Å². The van der Waals surface area contributed by atoms with Crippen molar-refractivity contribution in [2.24, 2.45) is 0 Å². The lowest BCUT2D eigenvalue weighted by Gasteiger charge is -2.26. The van der Waals surface area contributed by atoms with Crippen molar-refractivity contribution in [1.29, 1.82) is 0 Å². The van der Waals surface area contributed by atoms with Gasteiger partial charge in [-0.2, -0.15) is 0 Å². The predicted molar refractivity (Wildman–Crippen MR) is 491 cm³/mol. The third-order valence-corrected chi connectivity index (χ3v) is 22.2. The molecule has 21 rings (SSSR count). The lowest BCUT2D eigenvalue weighted by molar-refractivity contribution is 0.988. The number of fused-ring (bicyclic) bond motifs is 6. The van der Waals surface area contributed by atoms with Crippen molar-refractivity contribution < 1.29 is 0 Å². The Morgan fingerprint density at radius 1 is 0.178 bits per heavy atom. The van der Waals surface area contributed by atoms with Gasteiger partial charge in [-0.15, -0.1) is 0 Å². The average Bonchev–Trinajstić information content (AvgIpc) is 1.59. The Kier molecular flexibility index (Phi) is 19.3. The maximum absolute atomic E-state index is 5.22. The maximum Gasteiger partial charge on any atom is 0.234 e. The van der Waals surface area contributed by atoms with E-state index in [1.807, 2.05) is 30.3 Å². The van der Waals surface area contributed by atoms with Gasteiger partial charge in [-0.3, -0.25) is 9.13 Å². The van der Waals surface area contributed by atoms with Crippen molar-refractivity contribution in [3.05, 3.63) is 461 Å². The Hall–Kier alpha value is -15.9. The number of anilines is 6. The largest absolute Gasteiger partial charge is 0.311 e. The highest BCUT2D eigenvalue weighted by Gasteiger charge is 2.22. The first-order chi connectivity index (χ1) is 58.5. The quantitative estimate of drug-likeness (QED) is 0.0905. The Bertz CT molecular complexity index is 6830. The topological polar surface area (TPSA) is 67.9 Å². The zero-order valence-electron chi connectivity index (χ0n) is 64.5. The molecule has 0 unspecified atom stereocenters. The second kappa shape index (κ2) is 31.9. The molecule has 8 heteroatoms. The maximum atomic E-state index is 5.22. The third kappa shape index (κ3) is 14.3. The average molecular weight is 1510 g/mol. The molecule has 0 spiro atoms. The fraction of sp³-hybridized carbons (Fsp3) is 0. The molecule has 4 aromatic heterocycles. The van der Waals surface area contributed by atoms with Gasteiger partial charge in [0.15, 0.2) is 5.82 Å². The summed E-state index contributed by atoms with van der Waals surface area (Å²) in [5.41, 5.74) is 30.4. The van der Waals surface area contributed by atoms with E-state index in [0.29, 0.717) is 11.8 Å². The van der Waals surface area contributed by atoms with Crippen LogP contribution in [-0.4, -0.2) is 29.1 Å². The number of benzene rings is 17. The number of hydrogen-bond donors (Lipinski definition) is 0. The summed E-state index contributed by atoms with van der Waals surface area (Å²) in [6.07, 6.45) is 3.58. The minimum atomic E-state index is 0.673. The number of hydrogen-bond acceptors (Lipinski definition) is 6. The minimum absolute atomic E-state index is 0.673. The fourth-order valence-electron chi connectivity index (χ4n) is 16.3. The number of nitrogens with zero attached hydrogens (tertiary/aromatic N) is 8. The highest BCUT2D eigenvalue weighted by atomic mass is 15.2. The van der Waals surface area contributed by atoms with E-state index in [1.165, 1.54) is 88.3 Å². The van der Waals surface area contributed by atoms with Crippen molar-refractivity contribution in [2.75, 3.05) is 9.80 Å². The van der Waals surface area contributed by atoms with Crippen LogP contribution in [0.2, 0.25) is 0 Å². The molecular weight excluding hydrogens is 1430 g/mol. The summed E-state index contributed by atoms with van der Waals surface area (Å²) < 4.78 is 4.42. The van der Waals surface area contributed by atoms with E-state index >= 15 is 0 Å². The molecule has 118 heavy (non-hydrogen) atoms. The molecule has 0 amide bonds. The van der Waals surface area contributed by atoms with Crippen molar-refractivity contribution >= 4 is 77.7 Å². The molecule has 0 aliphatic carbocycles. The molecule has 0 atom stereocenters. The fourth-order valence-corrected chi connectivity index (χ4v) is 16.3. The summed E-state index contributed by atoms with van der Waals surface area (Å²) in [6.45, 7) is 0. The molecule has 0 N–H and O–H groups in total. The van der Waals surface area contributed by atoms with E-state index in [0.717, 1.165) is 90.0 Å². The summed E-state index contributed by atoms with van der Waals surface area (Å²) >= 11 is 0. The standard InChI is InChI=1S/C58H40N4.C52H36N4/c1-5-15-41(16-6-1)43-25-32-49(33-26-43)61(50-34-27-44(28-35-50)42-17-7-2-8-18-42)51-36-29-45(30-37-51)48-31-38-56-53(39-48)52-23-13-14-24-55(52)62(56)57-40-54(46-19-9-3-10-20-46)59-58(60-57)47-21-11-4-12-22-47;1-3-10-37(11-4-1)40-20-27-45(28-21-40)55(46-29-22-41(23-30-46)38-12-5-2-6-13-38)47-31-24-42(25-32-47)39-16-18-43(19-17-39)44-26-33-51-49(36-44)48-14-7-8-15-50(48)56(51)52-53-34-9-35-54-52/h1-40H;1-36H. The molecule has 0 bridgehead atoms. The van der Waals surface area contributed by atoms with Crippen molar-refractivity contribution in [2.45, 2.75) is 0 Å². The molecule has 0 saturated carbocycles. The summed E-state index contributed by atoms with van der Waals surface area (Å²) in [4.78, 5) is 24.1. The summed E-state index contributed by atoms with van der Waals surface area (Å²) in [5.74, 6) is 2.19. The molecule has 17 aromatic carbocycles. The second-order valence-corrected chi connectivity index (χ2v) is 29.4. The highest BCUT2D eigenvalue weighted by Crippen LogP contribution is 2.43.